The Bertz CT molecular complexity index is 575. The number of rotatable bonds is 16. The molecule has 29 heavy (non-hydrogen) atoms. The van der Waals surface area contributed by atoms with E-state index in [1.54, 1.807) is 0 Å². The van der Waals surface area contributed by atoms with Crippen LogP contribution in [0.3, 0.4) is 0 Å². The first-order valence-electron chi connectivity index (χ1n) is 11.6. The molecule has 0 spiro atoms. The topological polar surface area (TPSA) is 41.1 Å². The predicted octanol–water partition coefficient (Wildman–Crippen LogP) is 7.93. The second-order valence-corrected chi connectivity index (χ2v) is 7.83. The Morgan fingerprint density at radius 2 is 1.38 bits per heavy atom. The average molecular weight is 399 g/mol. The molecule has 0 aromatic heterocycles. The van der Waals surface area contributed by atoms with Crippen LogP contribution in [0.1, 0.15) is 89.5 Å². The zero-order valence-corrected chi connectivity index (χ0v) is 18.7. The number of allylic oxidation sites excluding steroid dienone is 4. The summed E-state index contributed by atoms with van der Waals surface area (Å²) < 4.78 is 0. The van der Waals surface area contributed by atoms with Crippen molar-refractivity contribution in [3.05, 3.63) is 54.1 Å². The highest BCUT2D eigenvalue weighted by molar-refractivity contribution is 5.89. The van der Waals surface area contributed by atoms with E-state index in [4.69, 9.17) is 0 Å². The Kier molecular flexibility index (Phi) is 15.5. The van der Waals surface area contributed by atoms with Crippen molar-refractivity contribution < 1.29 is 4.79 Å². The molecule has 0 saturated heterocycles. The van der Waals surface area contributed by atoms with Crippen molar-refractivity contribution in [2.24, 2.45) is 0 Å². The van der Waals surface area contributed by atoms with Crippen molar-refractivity contribution >= 4 is 11.7 Å². The first-order valence-corrected chi connectivity index (χ1v) is 11.6. The number of nitrogens with one attached hydrogen (secondary N) is 2. The maximum atomic E-state index is 11.8. The highest BCUT2D eigenvalue weighted by Crippen LogP contribution is 2.09. The molecule has 0 atom stereocenters. The number of amides is 2. The van der Waals surface area contributed by atoms with E-state index >= 15 is 0 Å². The first-order chi connectivity index (χ1) is 14.2. The third-order valence-electron chi connectivity index (χ3n) is 4.97. The van der Waals surface area contributed by atoms with Gasteiger partial charge >= 0.3 is 6.03 Å². The minimum Gasteiger partial charge on any atom is -0.338 e. The van der Waals surface area contributed by atoms with Crippen molar-refractivity contribution in [1.29, 1.82) is 0 Å². The van der Waals surface area contributed by atoms with E-state index in [-0.39, 0.29) is 6.03 Å². The lowest BCUT2D eigenvalue weighted by Gasteiger charge is -2.07. The zero-order valence-electron chi connectivity index (χ0n) is 18.7. The number of unbranched alkanes of at least 4 members (excludes halogenated alkanes) is 9. The molecule has 0 fully saturated rings. The fraction of sp³-hybridized carbons (Fsp3) is 0.577. The standard InChI is InChI=1S/C26H42N2O/c1-3-4-5-6-7-8-9-10-11-12-13-14-15-16-17-18-23-27-26(29)28-25-21-19-24(2)20-22-25/h7-8,10-11,19-22H,3-6,9,12-18,23H2,1-2H3,(H2,27,28,29)/b8-7+,11-10+. The number of anilines is 1. The second kappa shape index (κ2) is 18.0. The van der Waals surface area contributed by atoms with Crippen LogP contribution in [0.25, 0.3) is 0 Å². The lowest BCUT2D eigenvalue weighted by atomic mass is 10.1. The van der Waals surface area contributed by atoms with Crippen LogP contribution in [0.15, 0.2) is 48.6 Å². The average Bonchev–Trinajstić information content (AvgIpc) is 2.72. The molecule has 0 unspecified atom stereocenters. The lowest BCUT2D eigenvalue weighted by Crippen LogP contribution is -2.29. The highest BCUT2D eigenvalue weighted by Gasteiger charge is 2.00. The molecule has 0 saturated carbocycles. The van der Waals surface area contributed by atoms with Gasteiger partial charge in [0.1, 0.15) is 0 Å². The monoisotopic (exact) mass is 398 g/mol. The SMILES string of the molecule is CCCCC/C=C/C/C=C/CCCCCCCCNC(=O)Nc1ccc(C)cc1. The van der Waals surface area contributed by atoms with E-state index in [2.05, 4.69) is 41.9 Å². The maximum absolute atomic E-state index is 11.8. The van der Waals surface area contributed by atoms with Crippen molar-refractivity contribution in [3.8, 4) is 0 Å². The fourth-order valence-electron chi connectivity index (χ4n) is 3.13. The molecule has 0 aliphatic carbocycles. The molecular weight excluding hydrogens is 356 g/mol. The van der Waals surface area contributed by atoms with E-state index in [0.717, 1.165) is 25.1 Å². The molecule has 1 aromatic rings. The number of hydrogen-bond acceptors (Lipinski definition) is 1. The normalized spacial score (nSPS) is 11.4. The van der Waals surface area contributed by atoms with Crippen molar-refractivity contribution in [1.82, 2.24) is 5.32 Å². The van der Waals surface area contributed by atoms with Crippen molar-refractivity contribution in [2.75, 3.05) is 11.9 Å². The third-order valence-corrected chi connectivity index (χ3v) is 4.97. The lowest BCUT2D eigenvalue weighted by molar-refractivity contribution is 0.252. The Labute approximate surface area is 179 Å². The first kappa shape index (κ1) is 25.0. The molecule has 0 aliphatic heterocycles. The molecule has 0 aliphatic rings. The predicted molar refractivity (Wildman–Crippen MR) is 128 cm³/mol. The quantitative estimate of drug-likeness (QED) is 0.215. The van der Waals surface area contributed by atoms with Gasteiger partial charge in [0.15, 0.2) is 0 Å². The molecule has 0 bridgehead atoms. The Morgan fingerprint density at radius 1 is 0.793 bits per heavy atom. The van der Waals surface area contributed by atoms with Gasteiger partial charge in [-0.2, -0.15) is 0 Å². The summed E-state index contributed by atoms with van der Waals surface area (Å²) in [5, 5.41) is 5.79. The number of carbonyl (C=O) groups excluding carboxylic acids is 1. The van der Waals surface area contributed by atoms with Crippen LogP contribution < -0.4 is 10.6 Å². The van der Waals surface area contributed by atoms with Gasteiger partial charge < -0.3 is 10.6 Å². The van der Waals surface area contributed by atoms with Gasteiger partial charge in [-0.25, -0.2) is 4.79 Å². The molecule has 162 valence electrons. The second-order valence-electron chi connectivity index (χ2n) is 7.83. The van der Waals surface area contributed by atoms with Crippen molar-refractivity contribution in [3.63, 3.8) is 0 Å². The van der Waals surface area contributed by atoms with Gasteiger partial charge in [0.2, 0.25) is 0 Å². The molecule has 0 heterocycles. The summed E-state index contributed by atoms with van der Waals surface area (Å²) in [6.07, 6.45) is 24.1. The summed E-state index contributed by atoms with van der Waals surface area (Å²) in [6, 6.07) is 7.73. The van der Waals surface area contributed by atoms with E-state index in [9.17, 15) is 4.79 Å². The highest BCUT2D eigenvalue weighted by atomic mass is 16.2. The van der Waals surface area contributed by atoms with E-state index in [1.165, 1.54) is 69.8 Å². The van der Waals surface area contributed by atoms with Crippen LogP contribution in [-0.4, -0.2) is 12.6 Å². The summed E-state index contributed by atoms with van der Waals surface area (Å²) >= 11 is 0. The number of urea groups is 1. The van der Waals surface area contributed by atoms with Crippen LogP contribution in [0.4, 0.5) is 10.5 Å². The molecule has 1 rings (SSSR count). The number of hydrogen-bond donors (Lipinski definition) is 2. The van der Waals surface area contributed by atoms with Crippen LogP contribution in [0.2, 0.25) is 0 Å². The summed E-state index contributed by atoms with van der Waals surface area (Å²) in [5.74, 6) is 0. The van der Waals surface area contributed by atoms with Crippen molar-refractivity contribution in [2.45, 2.75) is 90.9 Å². The summed E-state index contributed by atoms with van der Waals surface area (Å²) in [7, 11) is 0. The fourth-order valence-corrected chi connectivity index (χ4v) is 3.13. The Hall–Kier alpha value is -2.03. The van der Waals surface area contributed by atoms with Gasteiger partial charge in [0, 0.05) is 12.2 Å². The van der Waals surface area contributed by atoms with Crippen LogP contribution in [0, 0.1) is 6.92 Å². The molecule has 3 heteroatoms. The Balaban J connectivity index is 1.85. The molecular formula is C26H42N2O. The van der Waals surface area contributed by atoms with Crippen LogP contribution in [0.5, 0.6) is 0 Å². The van der Waals surface area contributed by atoms with Gasteiger partial charge in [-0.15, -0.1) is 0 Å². The molecule has 0 radical (unpaired) electrons. The van der Waals surface area contributed by atoms with E-state index in [0.29, 0.717) is 0 Å². The van der Waals surface area contributed by atoms with E-state index in [1.807, 2.05) is 31.2 Å². The smallest absolute Gasteiger partial charge is 0.319 e. The minimum absolute atomic E-state index is 0.114. The van der Waals surface area contributed by atoms with Gasteiger partial charge in [0.25, 0.3) is 0 Å². The molecule has 1 aromatic carbocycles. The summed E-state index contributed by atoms with van der Waals surface area (Å²) in [4.78, 5) is 11.8. The number of carbonyl (C=O) groups is 1. The van der Waals surface area contributed by atoms with Gasteiger partial charge in [-0.05, 0) is 57.6 Å². The number of aryl methyl sites for hydroxylation is 1. The molecule has 2 amide bonds. The summed E-state index contributed by atoms with van der Waals surface area (Å²) in [5.41, 5.74) is 2.03. The van der Waals surface area contributed by atoms with Gasteiger partial charge in [-0.3, -0.25) is 0 Å². The van der Waals surface area contributed by atoms with Gasteiger partial charge in [0.05, 0.1) is 0 Å². The number of benzene rings is 1. The van der Waals surface area contributed by atoms with E-state index < -0.39 is 0 Å². The minimum atomic E-state index is -0.114. The largest absolute Gasteiger partial charge is 0.338 e. The summed E-state index contributed by atoms with van der Waals surface area (Å²) in [6.45, 7) is 5.03. The third kappa shape index (κ3) is 15.6. The zero-order chi connectivity index (χ0) is 21.0. The van der Waals surface area contributed by atoms with Crippen LogP contribution in [-0.2, 0) is 0 Å². The Morgan fingerprint density at radius 3 is 2.03 bits per heavy atom. The van der Waals surface area contributed by atoms with Crippen LogP contribution >= 0.6 is 0 Å². The molecule has 3 nitrogen and oxygen atoms in total. The molecule has 2 N–H and O–H groups in total. The van der Waals surface area contributed by atoms with Gasteiger partial charge in [-0.1, -0.05) is 87.4 Å². The maximum Gasteiger partial charge on any atom is 0.319 e.